The van der Waals surface area contributed by atoms with Crippen LogP contribution < -0.4 is 5.32 Å². The summed E-state index contributed by atoms with van der Waals surface area (Å²) in [4.78, 5) is 4.50. The highest BCUT2D eigenvalue weighted by Gasteiger charge is 2.38. The summed E-state index contributed by atoms with van der Waals surface area (Å²) in [6.45, 7) is 8.75. The second kappa shape index (κ2) is 3.74. The van der Waals surface area contributed by atoms with Gasteiger partial charge in [0.05, 0.1) is 0 Å². The highest BCUT2D eigenvalue weighted by atomic mass is 32.1. The molecule has 1 heterocycles. The minimum Gasteiger partial charge on any atom is -0.355 e. The predicted octanol–water partition coefficient (Wildman–Crippen LogP) is 3.26. The van der Waals surface area contributed by atoms with Gasteiger partial charge in [0.2, 0.25) is 5.13 Å². The van der Waals surface area contributed by atoms with Crippen LogP contribution in [0.2, 0.25) is 0 Å². The molecule has 1 N–H and O–H groups in total. The molecule has 0 amide bonds. The van der Waals surface area contributed by atoms with Crippen molar-refractivity contribution in [1.82, 2.24) is 9.36 Å². The van der Waals surface area contributed by atoms with E-state index in [-0.39, 0.29) is 5.54 Å². The Hall–Kier alpha value is -0.640. The van der Waals surface area contributed by atoms with Crippen LogP contribution in [0.1, 0.15) is 52.3 Å². The van der Waals surface area contributed by atoms with Crippen LogP contribution in [0.25, 0.3) is 0 Å². The van der Waals surface area contributed by atoms with Crippen molar-refractivity contribution >= 4 is 16.7 Å². The van der Waals surface area contributed by atoms with E-state index in [0.29, 0.717) is 5.92 Å². The molecule has 15 heavy (non-hydrogen) atoms. The predicted molar refractivity (Wildman–Crippen MR) is 64.4 cm³/mol. The average molecular weight is 225 g/mol. The molecule has 0 unspecified atom stereocenters. The van der Waals surface area contributed by atoms with E-state index in [9.17, 15) is 0 Å². The van der Waals surface area contributed by atoms with Gasteiger partial charge < -0.3 is 5.32 Å². The van der Waals surface area contributed by atoms with E-state index in [4.69, 9.17) is 0 Å². The second-order valence-electron chi connectivity index (χ2n) is 5.23. The van der Waals surface area contributed by atoms with Gasteiger partial charge >= 0.3 is 0 Å². The molecule has 1 aromatic heterocycles. The van der Waals surface area contributed by atoms with Gasteiger partial charge in [0.15, 0.2) is 0 Å². The fourth-order valence-corrected chi connectivity index (χ4v) is 2.58. The topological polar surface area (TPSA) is 37.8 Å². The summed E-state index contributed by atoms with van der Waals surface area (Å²) in [6.07, 6.45) is 2.69. The van der Waals surface area contributed by atoms with Crippen molar-refractivity contribution in [3.05, 3.63) is 5.82 Å². The van der Waals surface area contributed by atoms with Crippen LogP contribution in [0.4, 0.5) is 5.13 Å². The van der Waals surface area contributed by atoms with Crippen molar-refractivity contribution in [2.24, 2.45) is 5.92 Å². The fraction of sp³-hybridized carbons (Fsp3) is 0.818. The molecule has 1 aliphatic rings. The number of rotatable bonds is 4. The molecule has 0 atom stereocenters. The smallest absolute Gasteiger partial charge is 0.203 e. The monoisotopic (exact) mass is 225 g/mol. The first kappa shape index (κ1) is 10.9. The Morgan fingerprint density at radius 1 is 1.40 bits per heavy atom. The Kier molecular flexibility index (Phi) is 2.71. The molecule has 4 heteroatoms. The van der Waals surface area contributed by atoms with Gasteiger partial charge in [-0.2, -0.15) is 4.37 Å². The summed E-state index contributed by atoms with van der Waals surface area (Å²) in [5, 5.41) is 4.47. The van der Waals surface area contributed by atoms with Crippen molar-refractivity contribution in [3.63, 3.8) is 0 Å². The molecule has 0 spiro atoms. The molecule has 1 fully saturated rings. The zero-order chi connectivity index (χ0) is 11.1. The molecule has 2 rings (SSSR count). The lowest BCUT2D eigenvalue weighted by molar-refractivity contribution is 0.494. The van der Waals surface area contributed by atoms with E-state index in [1.54, 1.807) is 0 Å². The van der Waals surface area contributed by atoms with Gasteiger partial charge in [-0.1, -0.05) is 13.8 Å². The van der Waals surface area contributed by atoms with Gasteiger partial charge in [-0.15, -0.1) is 0 Å². The lowest BCUT2D eigenvalue weighted by Crippen LogP contribution is -2.33. The summed E-state index contributed by atoms with van der Waals surface area (Å²) >= 11 is 1.48. The van der Waals surface area contributed by atoms with E-state index >= 15 is 0 Å². The van der Waals surface area contributed by atoms with Crippen LogP contribution in [-0.2, 0) is 0 Å². The third-order valence-corrected chi connectivity index (χ3v) is 3.63. The molecule has 0 aromatic carbocycles. The van der Waals surface area contributed by atoms with Crippen LogP contribution in [0.15, 0.2) is 0 Å². The third-order valence-electron chi connectivity index (χ3n) is 2.99. The van der Waals surface area contributed by atoms with Gasteiger partial charge in [-0.05, 0) is 32.6 Å². The molecule has 0 radical (unpaired) electrons. The van der Waals surface area contributed by atoms with Crippen molar-refractivity contribution < 1.29 is 0 Å². The average Bonchev–Trinajstić information content (AvgIpc) is 2.88. The van der Waals surface area contributed by atoms with E-state index < -0.39 is 0 Å². The number of aromatic nitrogens is 2. The maximum absolute atomic E-state index is 4.50. The van der Waals surface area contributed by atoms with Gasteiger partial charge in [0.1, 0.15) is 5.82 Å². The minimum atomic E-state index is 0.174. The van der Waals surface area contributed by atoms with Crippen LogP contribution in [0.3, 0.4) is 0 Å². The number of nitrogens with zero attached hydrogens (tertiary/aromatic N) is 2. The van der Waals surface area contributed by atoms with Crippen molar-refractivity contribution in [3.8, 4) is 0 Å². The third kappa shape index (κ3) is 2.48. The Labute approximate surface area is 95.5 Å². The highest BCUT2D eigenvalue weighted by molar-refractivity contribution is 7.09. The van der Waals surface area contributed by atoms with E-state index in [1.165, 1.54) is 24.4 Å². The first-order chi connectivity index (χ1) is 6.99. The number of anilines is 1. The fourth-order valence-electron chi connectivity index (χ4n) is 1.70. The quantitative estimate of drug-likeness (QED) is 0.854. The summed E-state index contributed by atoms with van der Waals surface area (Å²) in [7, 11) is 0. The molecular weight excluding hydrogens is 206 g/mol. The van der Waals surface area contributed by atoms with E-state index in [1.807, 2.05) is 0 Å². The van der Waals surface area contributed by atoms with Crippen LogP contribution in [0.5, 0.6) is 0 Å². The Balaban J connectivity index is 2.03. The van der Waals surface area contributed by atoms with Gasteiger partial charge in [0.25, 0.3) is 0 Å². The van der Waals surface area contributed by atoms with Gasteiger partial charge in [0, 0.05) is 23.0 Å². The summed E-state index contributed by atoms with van der Waals surface area (Å²) < 4.78 is 4.35. The normalized spacial score (nSPS) is 17.1. The number of hydrogen-bond acceptors (Lipinski definition) is 4. The van der Waals surface area contributed by atoms with Gasteiger partial charge in [-0.3, -0.25) is 0 Å². The van der Waals surface area contributed by atoms with Gasteiger partial charge in [-0.25, -0.2) is 4.98 Å². The molecule has 0 aliphatic heterocycles. The molecule has 84 valence electrons. The van der Waals surface area contributed by atoms with Crippen LogP contribution >= 0.6 is 11.5 Å². The number of nitrogens with one attached hydrogen (secondary N) is 1. The molecule has 3 nitrogen and oxygen atoms in total. The SMILES string of the molecule is CC(C)c1nsc(NC(C)(C)C2CC2)n1. The highest BCUT2D eigenvalue weighted by Crippen LogP contribution is 2.41. The molecule has 0 saturated heterocycles. The molecule has 1 saturated carbocycles. The molecule has 1 aliphatic carbocycles. The lowest BCUT2D eigenvalue weighted by atomic mass is 9.99. The maximum Gasteiger partial charge on any atom is 0.203 e. The molecular formula is C11H19N3S. The Morgan fingerprint density at radius 3 is 2.53 bits per heavy atom. The zero-order valence-corrected chi connectivity index (χ0v) is 10.7. The van der Waals surface area contributed by atoms with Crippen molar-refractivity contribution in [1.29, 1.82) is 0 Å². The Bertz CT molecular complexity index is 339. The maximum atomic E-state index is 4.50. The first-order valence-electron chi connectivity index (χ1n) is 5.61. The largest absolute Gasteiger partial charge is 0.355 e. The van der Waals surface area contributed by atoms with Crippen LogP contribution in [-0.4, -0.2) is 14.9 Å². The Morgan fingerprint density at radius 2 is 2.07 bits per heavy atom. The standard InChI is InChI=1S/C11H19N3S/c1-7(2)9-12-10(15-14-9)13-11(3,4)8-5-6-8/h7-8H,5-6H2,1-4H3,(H,12,13,14). The molecule has 1 aromatic rings. The van der Waals surface area contributed by atoms with E-state index in [0.717, 1.165) is 16.9 Å². The minimum absolute atomic E-state index is 0.174. The zero-order valence-electron chi connectivity index (χ0n) is 9.87. The summed E-state index contributed by atoms with van der Waals surface area (Å²) in [5.74, 6) is 2.18. The lowest BCUT2D eigenvalue weighted by Gasteiger charge is -2.25. The first-order valence-corrected chi connectivity index (χ1v) is 6.38. The number of hydrogen-bond donors (Lipinski definition) is 1. The summed E-state index contributed by atoms with van der Waals surface area (Å²) in [5.41, 5.74) is 0.174. The second-order valence-corrected chi connectivity index (χ2v) is 5.99. The van der Waals surface area contributed by atoms with Crippen molar-refractivity contribution in [2.75, 3.05) is 5.32 Å². The van der Waals surface area contributed by atoms with Crippen LogP contribution in [0, 0.1) is 5.92 Å². The van der Waals surface area contributed by atoms with E-state index in [2.05, 4.69) is 42.4 Å². The summed E-state index contributed by atoms with van der Waals surface area (Å²) in [6, 6.07) is 0. The molecule has 0 bridgehead atoms. The van der Waals surface area contributed by atoms with Crippen molar-refractivity contribution in [2.45, 2.75) is 52.0 Å².